The standard InChI is InChI=1S/C19H23O5/c1-6-14-11-16(22-4)12-17(23-5)18(14)19(21)24-13(3)9-8-10-15(20)7-2/h1,6-7,11-13H,2,8-10H2,3-5H3/t13-/m0/s1. The van der Waals surface area contributed by atoms with E-state index in [1.807, 2.05) is 0 Å². The van der Waals surface area contributed by atoms with Gasteiger partial charge in [-0.2, -0.15) is 0 Å². The minimum atomic E-state index is -0.534. The van der Waals surface area contributed by atoms with Crippen LogP contribution in [-0.2, 0) is 9.53 Å². The number of allylic oxidation sites excluding steroid dienone is 1. The number of benzene rings is 1. The molecule has 0 saturated heterocycles. The van der Waals surface area contributed by atoms with E-state index in [1.165, 1.54) is 26.4 Å². The Kier molecular flexibility index (Phi) is 7.75. The molecule has 0 saturated carbocycles. The van der Waals surface area contributed by atoms with Gasteiger partial charge >= 0.3 is 5.97 Å². The molecule has 24 heavy (non-hydrogen) atoms. The van der Waals surface area contributed by atoms with Crippen molar-refractivity contribution in [2.24, 2.45) is 0 Å². The molecule has 5 nitrogen and oxygen atoms in total. The fourth-order valence-electron chi connectivity index (χ4n) is 2.21. The lowest BCUT2D eigenvalue weighted by atomic mass is 10.1. The maximum Gasteiger partial charge on any atom is 0.342 e. The van der Waals surface area contributed by atoms with Gasteiger partial charge in [-0.3, -0.25) is 4.79 Å². The zero-order valence-corrected chi connectivity index (χ0v) is 14.3. The second-order valence-electron chi connectivity index (χ2n) is 5.24. The fourth-order valence-corrected chi connectivity index (χ4v) is 2.21. The van der Waals surface area contributed by atoms with Crippen LogP contribution in [0.1, 0.15) is 42.1 Å². The first-order valence-corrected chi connectivity index (χ1v) is 7.64. The van der Waals surface area contributed by atoms with Gasteiger partial charge < -0.3 is 14.2 Å². The summed E-state index contributed by atoms with van der Waals surface area (Å²) in [6.45, 7) is 10.8. The summed E-state index contributed by atoms with van der Waals surface area (Å²) >= 11 is 0. The highest BCUT2D eigenvalue weighted by molar-refractivity contribution is 5.97. The van der Waals surface area contributed by atoms with Gasteiger partial charge in [0.1, 0.15) is 17.1 Å². The summed E-state index contributed by atoms with van der Waals surface area (Å²) in [5.74, 6) is 0.292. The summed E-state index contributed by atoms with van der Waals surface area (Å²) in [5.41, 5.74) is 0.708. The van der Waals surface area contributed by atoms with Gasteiger partial charge in [-0.15, -0.1) is 0 Å². The molecule has 0 fully saturated rings. The lowest BCUT2D eigenvalue weighted by Crippen LogP contribution is -2.17. The molecule has 1 rings (SSSR count). The normalized spacial score (nSPS) is 11.3. The van der Waals surface area contributed by atoms with Gasteiger partial charge in [0, 0.05) is 12.5 Å². The molecule has 0 aromatic heterocycles. The first kappa shape index (κ1) is 19.5. The van der Waals surface area contributed by atoms with E-state index in [-0.39, 0.29) is 17.5 Å². The van der Waals surface area contributed by atoms with Gasteiger partial charge in [0.25, 0.3) is 0 Å². The third kappa shape index (κ3) is 5.26. The van der Waals surface area contributed by atoms with Crippen molar-refractivity contribution in [2.75, 3.05) is 14.2 Å². The summed E-state index contributed by atoms with van der Waals surface area (Å²) in [4.78, 5) is 23.7. The number of carbonyl (C=O) groups is 2. The summed E-state index contributed by atoms with van der Waals surface area (Å²) in [5, 5.41) is 0. The zero-order chi connectivity index (χ0) is 18.1. The Labute approximate surface area is 142 Å². The van der Waals surface area contributed by atoms with Crippen molar-refractivity contribution in [1.82, 2.24) is 0 Å². The minimum absolute atomic E-state index is 0.0228. The average Bonchev–Trinajstić information content (AvgIpc) is 2.59. The predicted octanol–water partition coefficient (Wildman–Crippen LogP) is 3.62. The van der Waals surface area contributed by atoms with E-state index < -0.39 is 5.97 Å². The van der Waals surface area contributed by atoms with E-state index in [0.717, 1.165) is 0 Å². The molecule has 0 aliphatic rings. The van der Waals surface area contributed by atoms with Crippen LogP contribution in [0.2, 0.25) is 0 Å². The van der Waals surface area contributed by atoms with E-state index in [1.54, 1.807) is 19.1 Å². The minimum Gasteiger partial charge on any atom is -0.497 e. The molecular formula is C19H23O5. The van der Waals surface area contributed by atoms with Gasteiger partial charge in [0.15, 0.2) is 5.78 Å². The quantitative estimate of drug-likeness (QED) is 0.484. The molecule has 0 N–H and O–H groups in total. The van der Waals surface area contributed by atoms with Crippen LogP contribution >= 0.6 is 0 Å². The van der Waals surface area contributed by atoms with E-state index >= 15 is 0 Å². The van der Waals surface area contributed by atoms with Crippen LogP contribution < -0.4 is 9.47 Å². The highest BCUT2D eigenvalue weighted by Crippen LogP contribution is 2.30. The summed E-state index contributed by atoms with van der Waals surface area (Å²) < 4.78 is 15.8. The lowest BCUT2D eigenvalue weighted by Gasteiger charge is -2.17. The zero-order valence-electron chi connectivity index (χ0n) is 14.3. The first-order valence-electron chi connectivity index (χ1n) is 7.64. The van der Waals surface area contributed by atoms with Crippen molar-refractivity contribution in [2.45, 2.75) is 32.3 Å². The number of ether oxygens (including phenoxy) is 3. The topological polar surface area (TPSA) is 61.8 Å². The molecule has 0 heterocycles. The largest absolute Gasteiger partial charge is 0.497 e. The highest BCUT2D eigenvalue weighted by Gasteiger charge is 2.21. The van der Waals surface area contributed by atoms with Gasteiger partial charge in [-0.25, -0.2) is 4.79 Å². The Morgan fingerprint density at radius 2 is 2.00 bits per heavy atom. The molecule has 5 heteroatoms. The molecule has 0 aliphatic carbocycles. The number of esters is 1. The maximum atomic E-state index is 12.5. The van der Waals surface area contributed by atoms with Crippen molar-refractivity contribution in [3.8, 4) is 11.5 Å². The molecule has 129 valence electrons. The van der Waals surface area contributed by atoms with Crippen LogP contribution in [0.15, 0.2) is 24.8 Å². The van der Waals surface area contributed by atoms with Crippen molar-refractivity contribution in [1.29, 1.82) is 0 Å². The van der Waals surface area contributed by atoms with E-state index in [4.69, 9.17) is 20.8 Å². The molecule has 0 unspecified atom stereocenters. The molecule has 0 spiro atoms. The van der Waals surface area contributed by atoms with Crippen molar-refractivity contribution in [3.63, 3.8) is 0 Å². The van der Waals surface area contributed by atoms with Crippen LogP contribution in [0.3, 0.4) is 0 Å². The Hall–Kier alpha value is -2.56. The second kappa shape index (κ2) is 9.55. The second-order valence-corrected chi connectivity index (χ2v) is 5.24. The Morgan fingerprint density at radius 3 is 2.54 bits per heavy atom. The third-order valence-electron chi connectivity index (χ3n) is 3.52. The Morgan fingerprint density at radius 1 is 1.29 bits per heavy atom. The lowest BCUT2D eigenvalue weighted by molar-refractivity contribution is -0.114. The number of methoxy groups -OCH3 is 2. The van der Waals surface area contributed by atoms with Gasteiger partial charge in [-0.1, -0.05) is 19.2 Å². The number of carbonyl (C=O) groups excluding carboxylic acids is 2. The van der Waals surface area contributed by atoms with Crippen LogP contribution in [-0.4, -0.2) is 32.1 Å². The van der Waals surface area contributed by atoms with Crippen molar-refractivity contribution < 1.29 is 23.8 Å². The molecular weight excluding hydrogens is 308 g/mol. The molecule has 0 bridgehead atoms. The Bertz CT molecular complexity index is 618. The van der Waals surface area contributed by atoms with Gasteiger partial charge in [0.05, 0.1) is 20.3 Å². The molecule has 1 radical (unpaired) electrons. The Balaban J connectivity index is 2.85. The number of hydrogen-bond acceptors (Lipinski definition) is 5. The maximum absolute atomic E-state index is 12.5. The van der Waals surface area contributed by atoms with Crippen molar-refractivity contribution in [3.05, 3.63) is 42.5 Å². The molecule has 1 atom stereocenters. The average molecular weight is 331 g/mol. The van der Waals surface area contributed by atoms with Crippen LogP contribution in [0.5, 0.6) is 11.5 Å². The summed E-state index contributed by atoms with van der Waals surface area (Å²) in [7, 11) is 2.97. The van der Waals surface area contributed by atoms with E-state index in [0.29, 0.717) is 36.3 Å². The van der Waals surface area contributed by atoms with Crippen LogP contribution in [0, 0.1) is 6.58 Å². The molecule has 0 aliphatic heterocycles. The number of ketones is 1. The fraction of sp³-hybridized carbons (Fsp3) is 0.368. The third-order valence-corrected chi connectivity index (χ3v) is 3.52. The predicted molar refractivity (Wildman–Crippen MR) is 92.2 cm³/mol. The number of rotatable bonds is 10. The van der Waals surface area contributed by atoms with E-state index in [2.05, 4.69) is 6.58 Å². The smallest absolute Gasteiger partial charge is 0.342 e. The summed E-state index contributed by atoms with van der Waals surface area (Å²) in [6, 6.07) is 3.23. The van der Waals surface area contributed by atoms with Crippen molar-refractivity contribution >= 4 is 17.8 Å². The first-order chi connectivity index (χ1) is 11.5. The molecule has 1 aromatic rings. The summed E-state index contributed by atoms with van der Waals surface area (Å²) in [6.07, 6.45) is 3.84. The van der Waals surface area contributed by atoms with Gasteiger partial charge in [0.2, 0.25) is 0 Å². The van der Waals surface area contributed by atoms with Gasteiger partial charge in [-0.05, 0) is 37.5 Å². The number of hydrogen-bond donors (Lipinski definition) is 0. The molecule has 0 amide bonds. The molecule has 1 aromatic carbocycles. The highest BCUT2D eigenvalue weighted by atomic mass is 16.5. The van der Waals surface area contributed by atoms with E-state index in [9.17, 15) is 9.59 Å². The monoisotopic (exact) mass is 331 g/mol. The SMILES string of the molecule is [CH]=Cc1cc(OC)cc(OC)c1C(=O)O[C@@H](C)CCCC(=O)C=C. The van der Waals surface area contributed by atoms with Crippen LogP contribution in [0.25, 0.3) is 6.08 Å². The van der Waals surface area contributed by atoms with Crippen LogP contribution in [0.4, 0.5) is 0 Å².